The molecule has 0 aliphatic carbocycles. The smallest absolute Gasteiger partial charge is 0.339 e. The number of carbonyl (C=O) groups is 1. The second-order valence-electron chi connectivity index (χ2n) is 4.06. The predicted molar refractivity (Wildman–Crippen MR) is 72.1 cm³/mol. The van der Waals surface area contributed by atoms with Gasteiger partial charge in [0.1, 0.15) is 17.2 Å². The monoisotopic (exact) mass is 297 g/mol. The molecule has 0 atom stereocenters. The summed E-state index contributed by atoms with van der Waals surface area (Å²) in [5, 5.41) is 11.9. The molecule has 2 aromatic carbocycles. The van der Waals surface area contributed by atoms with E-state index in [9.17, 15) is 13.6 Å². The summed E-state index contributed by atoms with van der Waals surface area (Å²) < 4.78 is 26.5. The van der Waals surface area contributed by atoms with Crippen molar-refractivity contribution in [2.24, 2.45) is 0 Å². The Morgan fingerprint density at radius 1 is 1.25 bits per heavy atom. The van der Waals surface area contributed by atoms with E-state index in [0.717, 1.165) is 18.2 Å². The lowest BCUT2D eigenvalue weighted by molar-refractivity contribution is 0.0698. The summed E-state index contributed by atoms with van der Waals surface area (Å²) in [5.74, 6) is -2.33. The lowest BCUT2D eigenvalue weighted by atomic mass is 10.1. The molecule has 0 aliphatic rings. The van der Waals surface area contributed by atoms with Crippen LogP contribution in [0.1, 0.15) is 15.9 Å². The minimum Gasteiger partial charge on any atom is -0.478 e. The van der Waals surface area contributed by atoms with E-state index in [1.54, 1.807) is 6.07 Å². The van der Waals surface area contributed by atoms with Crippen LogP contribution in [-0.2, 0) is 6.54 Å². The number of anilines is 1. The molecular weight excluding hydrogens is 288 g/mol. The third-order valence-corrected chi connectivity index (χ3v) is 3.02. The van der Waals surface area contributed by atoms with E-state index < -0.39 is 17.6 Å². The molecule has 2 aromatic rings. The lowest BCUT2D eigenvalue weighted by Gasteiger charge is -2.11. The predicted octanol–water partition coefficient (Wildman–Crippen LogP) is 3.93. The van der Waals surface area contributed by atoms with E-state index in [1.165, 1.54) is 12.1 Å². The summed E-state index contributed by atoms with van der Waals surface area (Å²) >= 11 is 5.81. The fourth-order valence-corrected chi connectivity index (χ4v) is 2.01. The van der Waals surface area contributed by atoms with Crippen molar-refractivity contribution in [3.63, 3.8) is 0 Å². The number of carboxylic acids is 1. The van der Waals surface area contributed by atoms with Crippen LogP contribution >= 0.6 is 11.6 Å². The highest BCUT2D eigenvalue weighted by Gasteiger charge is 2.14. The molecular formula is C14H10ClF2NO2. The van der Waals surface area contributed by atoms with Gasteiger partial charge in [-0.25, -0.2) is 13.6 Å². The van der Waals surface area contributed by atoms with Crippen LogP contribution in [0.3, 0.4) is 0 Å². The summed E-state index contributed by atoms with van der Waals surface area (Å²) in [7, 11) is 0. The number of benzene rings is 2. The van der Waals surface area contributed by atoms with Crippen LogP contribution in [-0.4, -0.2) is 11.1 Å². The van der Waals surface area contributed by atoms with Gasteiger partial charge in [0.2, 0.25) is 0 Å². The first-order chi connectivity index (χ1) is 9.49. The van der Waals surface area contributed by atoms with Gasteiger partial charge in [0, 0.05) is 12.1 Å². The fraction of sp³-hybridized carbons (Fsp3) is 0.0714. The van der Waals surface area contributed by atoms with Crippen LogP contribution in [0.15, 0.2) is 36.4 Å². The highest BCUT2D eigenvalue weighted by Crippen LogP contribution is 2.25. The summed E-state index contributed by atoms with van der Waals surface area (Å²) in [5.41, 5.74) is 0.237. The van der Waals surface area contributed by atoms with Gasteiger partial charge in [-0.1, -0.05) is 17.7 Å². The van der Waals surface area contributed by atoms with Crippen molar-refractivity contribution in [1.29, 1.82) is 0 Å². The van der Waals surface area contributed by atoms with Crippen LogP contribution in [0, 0.1) is 11.6 Å². The summed E-state index contributed by atoms with van der Waals surface area (Å²) in [6.45, 7) is -0.0514. The first-order valence-electron chi connectivity index (χ1n) is 5.68. The van der Waals surface area contributed by atoms with E-state index in [-0.39, 0.29) is 28.4 Å². The number of carboxylic acid groups (broad SMARTS) is 1. The van der Waals surface area contributed by atoms with Gasteiger partial charge in [-0.3, -0.25) is 0 Å². The van der Waals surface area contributed by atoms with E-state index in [4.69, 9.17) is 16.7 Å². The van der Waals surface area contributed by atoms with Crippen molar-refractivity contribution in [3.8, 4) is 0 Å². The second kappa shape index (κ2) is 5.88. The number of nitrogens with one attached hydrogen (secondary N) is 1. The average Bonchev–Trinajstić information content (AvgIpc) is 2.39. The molecule has 0 aliphatic heterocycles. The Balaban J connectivity index is 2.25. The fourth-order valence-electron chi connectivity index (χ4n) is 1.76. The Bertz CT molecular complexity index is 662. The zero-order valence-corrected chi connectivity index (χ0v) is 10.9. The lowest BCUT2D eigenvalue weighted by Crippen LogP contribution is -2.08. The minimum atomic E-state index is -1.20. The Labute approximate surface area is 118 Å². The molecule has 0 saturated heterocycles. The van der Waals surface area contributed by atoms with E-state index in [2.05, 4.69) is 5.32 Å². The number of hydrogen-bond acceptors (Lipinski definition) is 2. The quantitative estimate of drug-likeness (QED) is 0.899. The molecule has 0 heterocycles. The van der Waals surface area contributed by atoms with E-state index in [0.29, 0.717) is 0 Å². The SMILES string of the molecule is O=C(O)c1c(Cl)cccc1NCc1cc(F)ccc1F. The number of halogens is 3. The van der Waals surface area contributed by atoms with Gasteiger partial charge in [0.25, 0.3) is 0 Å². The zero-order valence-electron chi connectivity index (χ0n) is 10.2. The standard InChI is InChI=1S/C14H10ClF2NO2/c15-10-2-1-3-12(13(10)14(19)20)18-7-8-6-9(16)4-5-11(8)17/h1-6,18H,7H2,(H,19,20). The first kappa shape index (κ1) is 14.3. The Morgan fingerprint density at radius 3 is 2.70 bits per heavy atom. The van der Waals surface area contributed by atoms with Crippen molar-refractivity contribution in [1.82, 2.24) is 0 Å². The van der Waals surface area contributed by atoms with Gasteiger partial charge >= 0.3 is 5.97 Å². The molecule has 0 bridgehead atoms. The highest BCUT2D eigenvalue weighted by atomic mass is 35.5. The van der Waals surface area contributed by atoms with Gasteiger partial charge < -0.3 is 10.4 Å². The third kappa shape index (κ3) is 3.05. The molecule has 6 heteroatoms. The topological polar surface area (TPSA) is 49.3 Å². The zero-order chi connectivity index (χ0) is 14.7. The molecule has 3 nitrogen and oxygen atoms in total. The molecule has 0 radical (unpaired) electrons. The number of aromatic carboxylic acids is 1. The van der Waals surface area contributed by atoms with Crippen LogP contribution in [0.2, 0.25) is 5.02 Å². The van der Waals surface area contributed by atoms with Gasteiger partial charge in [-0.15, -0.1) is 0 Å². The third-order valence-electron chi connectivity index (χ3n) is 2.70. The van der Waals surface area contributed by atoms with Gasteiger partial charge in [0.15, 0.2) is 0 Å². The van der Waals surface area contributed by atoms with Crippen molar-refractivity contribution in [2.75, 3.05) is 5.32 Å². The van der Waals surface area contributed by atoms with Gasteiger partial charge in [0.05, 0.1) is 10.7 Å². The largest absolute Gasteiger partial charge is 0.478 e. The van der Waals surface area contributed by atoms with Crippen molar-refractivity contribution < 1.29 is 18.7 Å². The molecule has 2 N–H and O–H groups in total. The summed E-state index contributed by atoms with van der Waals surface area (Å²) in [6.07, 6.45) is 0. The van der Waals surface area contributed by atoms with E-state index >= 15 is 0 Å². The first-order valence-corrected chi connectivity index (χ1v) is 6.06. The minimum absolute atomic E-state index is 0.0514. The number of hydrogen-bond donors (Lipinski definition) is 2. The maximum absolute atomic E-state index is 13.5. The van der Waals surface area contributed by atoms with Gasteiger partial charge in [-0.05, 0) is 30.3 Å². The van der Waals surface area contributed by atoms with Crippen molar-refractivity contribution in [3.05, 3.63) is 64.2 Å². The molecule has 104 valence electrons. The molecule has 0 spiro atoms. The molecule has 20 heavy (non-hydrogen) atoms. The molecule has 2 rings (SSSR count). The molecule has 0 saturated carbocycles. The maximum atomic E-state index is 13.5. The van der Waals surface area contributed by atoms with Crippen LogP contribution in [0.4, 0.5) is 14.5 Å². The molecule has 0 fully saturated rings. The number of rotatable bonds is 4. The summed E-state index contributed by atoms with van der Waals surface area (Å²) in [4.78, 5) is 11.1. The van der Waals surface area contributed by atoms with E-state index in [1.807, 2.05) is 0 Å². The maximum Gasteiger partial charge on any atom is 0.339 e. The Kier molecular flexibility index (Phi) is 4.20. The second-order valence-corrected chi connectivity index (χ2v) is 4.46. The molecule has 0 amide bonds. The average molecular weight is 298 g/mol. The van der Waals surface area contributed by atoms with Crippen LogP contribution < -0.4 is 5.32 Å². The van der Waals surface area contributed by atoms with Crippen LogP contribution in [0.5, 0.6) is 0 Å². The normalized spacial score (nSPS) is 10.3. The van der Waals surface area contributed by atoms with Crippen molar-refractivity contribution in [2.45, 2.75) is 6.54 Å². The van der Waals surface area contributed by atoms with Gasteiger partial charge in [-0.2, -0.15) is 0 Å². The molecule has 0 aromatic heterocycles. The molecule has 0 unspecified atom stereocenters. The Morgan fingerprint density at radius 2 is 2.00 bits per heavy atom. The van der Waals surface area contributed by atoms with Crippen molar-refractivity contribution >= 4 is 23.3 Å². The summed E-state index contributed by atoms with van der Waals surface area (Å²) in [6, 6.07) is 7.60. The Hall–Kier alpha value is -2.14. The van der Waals surface area contributed by atoms with Crippen LogP contribution in [0.25, 0.3) is 0 Å². The highest BCUT2D eigenvalue weighted by molar-refractivity contribution is 6.34.